The summed E-state index contributed by atoms with van der Waals surface area (Å²) in [5.74, 6) is 0.0338. The highest BCUT2D eigenvalue weighted by Crippen LogP contribution is 2.12. The van der Waals surface area contributed by atoms with E-state index in [0.717, 1.165) is 12.8 Å². The second-order valence-electron chi connectivity index (χ2n) is 2.66. The smallest absolute Gasteiger partial charge is 0.153 e. The van der Waals surface area contributed by atoms with Crippen LogP contribution in [0.15, 0.2) is 11.1 Å². The summed E-state index contributed by atoms with van der Waals surface area (Å²) >= 11 is 5.75. The molecule has 0 rings (SSSR count). The van der Waals surface area contributed by atoms with Crippen molar-refractivity contribution in [1.82, 2.24) is 0 Å². The Hall–Kier alpha value is -0.300. The third-order valence-corrected chi connectivity index (χ3v) is 1.68. The molecule has 2 heteroatoms. The van der Waals surface area contributed by atoms with Crippen molar-refractivity contribution in [2.45, 2.75) is 39.5 Å². The summed E-state index contributed by atoms with van der Waals surface area (Å²) in [5.41, 5.74) is 0. The second-order valence-corrected chi connectivity index (χ2v) is 3.14. The van der Waals surface area contributed by atoms with Gasteiger partial charge in [0.05, 0.1) is 0 Å². The molecule has 0 N–H and O–H groups in total. The number of hydrogen-bond donors (Lipinski definition) is 0. The van der Waals surface area contributed by atoms with E-state index in [-0.39, 0.29) is 5.78 Å². The summed E-state index contributed by atoms with van der Waals surface area (Å²) in [5, 5.41) is 0.686. The quantitative estimate of drug-likeness (QED) is 0.462. The van der Waals surface area contributed by atoms with Crippen LogP contribution < -0.4 is 0 Å². The summed E-state index contributed by atoms with van der Waals surface area (Å²) in [7, 11) is 0. The number of ketones is 1. The van der Waals surface area contributed by atoms with Crippen LogP contribution in [-0.4, -0.2) is 5.78 Å². The van der Waals surface area contributed by atoms with Crippen LogP contribution >= 0.6 is 11.6 Å². The van der Waals surface area contributed by atoms with Crippen LogP contribution in [0.4, 0.5) is 0 Å². The fourth-order valence-corrected chi connectivity index (χ4v) is 1.12. The molecule has 0 aromatic carbocycles. The van der Waals surface area contributed by atoms with Gasteiger partial charge in [0.2, 0.25) is 0 Å². The molecule has 64 valence electrons. The van der Waals surface area contributed by atoms with Crippen molar-refractivity contribution in [1.29, 1.82) is 0 Å². The van der Waals surface area contributed by atoms with Gasteiger partial charge in [-0.15, -0.1) is 0 Å². The molecule has 0 aromatic heterocycles. The molecule has 0 aliphatic rings. The van der Waals surface area contributed by atoms with E-state index in [2.05, 4.69) is 6.92 Å². The fourth-order valence-electron chi connectivity index (χ4n) is 0.837. The molecule has 0 bridgehead atoms. The highest BCUT2D eigenvalue weighted by atomic mass is 35.5. The Balaban J connectivity index is 3.51. The minimum atomic E-state index is 0.0338. The molecule has 0 spiro atoms. The molecule has 0 radical (unpaired) electrons. The lowest BCUT2D eigenvalue weighted by molar-refractivity contribution is -0.112. The first-order chi connectivity index (χ1) is 5.16. The molecular weight excluding hydrogens is 160 g/mol. The normalized spacial score (nSPS) is 11.7. The van der Waals surface area contributed by atoms with Gasteiger partial charge < -0.3 is 0 Å². The van der Waals surface area contributed by atoms with Crippen molar-refractivity contribution in [3.63, 3.8) is 0 Å². The van der Waals surface area contributed by atoms with Crippen molar-refractivity contribution in [2.24, 2.45) is 0 Å². The van der Waals surface area contributed by atoms with Gasteiger partial charge in [-0.3, -0.25) is 4.79 Å². The van der Waals surface area contributed by atoms with Crippen molar-refractivity contribution < 1.29 is 4.79 Å². The molecule has 0 atom stereocenters. The van der Waals surface area contributed by atoms with E-state index in [1.165, 1.54) is 25.8 Å². The third-order valence-electron chi connectivity index (χ3n) is 1.38. The molecular formula is C9H15ClO. The van der Waals surface area contributed by atoms with Crippen LogP contribution in [-0.2, 0) is 4.79 Å². The van der Waals surface area contributed by atoms with E-state index in [1.54, 1.807) is 0 Å². The summed E-state index contributed by atoms with van der Waals surface area (Å²) < 4.78 is 0. The Labute approximate surface area is 73.4 Å². The maximum atomic E-state index is 10.5. The number of allylic oxidation sites excluding steroid dienone is 2. The first-order valence-electron chi connectivity index (χ1n) is 4.03. The number of hydrogen-bond acceptors (Lipinski definition) is 1. The number of unbranched alkanes of at least 4 members (excludes halogenated alkanes) is 2. The van der Waals surface area contributed by atoms with E-state index >= 15 is 0 Å². The fraction of sp³-hybridized carbons (Fsp3) is 0.667. The van der Waals surface area contributed by atoms with Gasteiger partial charge in [0.15, 0.2) is 5.78 Å². The lowest BCUT2D eigenvalue weighted by Gasteiger charge is -1.95. The average Bonchev–Trinajstić information content (AvgIpc) is 1.86. The predicted molar refractivity (Wildman–Crippen MR) is 48.8 cm³/mol. The van der Waals surface area contributed by atoms with E-state index < -0.39 is 0 Å². The molecule has 0 unspecified atom stereocenters. The van der Waals surface area contributed by atoms with Gasteiger partial charge in [-0.1, -0.05) is 31.4 Å². The molecule has 11 heavy (non-hydrogen) atoms. The average molecular weight is 175 g/mol. The van der Waals surface area contributed by atoms with Crippen LogP contribution in [0.2, 0.25) is 0 Å². The Morgan fingerprint density at radius 1 is 1.45 bits per heavy atom. The summed E-state index contributed by atoms with van der Waals surface area (Å²) in [6.07, 6.45) is 5.79. The van der Waals surface area contributed by atoms with Crippen LogP contribution in [0.1, 0.15) is 39.5 Å². The van der Waals surface area contributed by atoms with Crippen LogP contribution in [0.25, 0.3) is 0 Å². The van der Waals surface area contributed by atoms with Crippen molar-refractivity contribution in [2.75, 3.05) is 0 Å². The van der Waals surface area contributed by atoms with Crippen LogP contribution in [0.3, 0.4) is 0 Å². The van der Waals surface area contributed by atoms with Gasteiger partial charge >= 0.3 is 0 Å². The number of halogens is 1. The van der Waals surface area contributed by atoms with E-state index in [9.17, 15) is 4.79 Å². The maximum absolute atomic E-state index is 10.5. The zero-order valence-corrected chi connectivity index (χ0v) is 7.95. The minimum Gasteiger partial charge on any atom is -0.295 e. The Morgan fingerprint density at radius 2 is 2.09 bits per heavy atom. The largest absolute Gasteiger partial charge is 0.295 e. The molecule has 0 aliphatic heterocycles. The van der Waals surface area contributed by atoms with E-state index in [4.69, 9.17) is 11.6 Å². The SMILES string of the molecule is CCCCC/C(Cl)=C\C(C)=O. The summed E-state index contributed by atoms with van der Waals surface area (Å²) in [4.78, 5) is 10.5. The molecule has 0 saturated heterocycles. The topological polar surface area (TPSA) is 17.1 Å². The van der Waals surface area contributed by atoms with Gasteiger partial charge in [0.25, 0.3) is 0 Å². The van der Waals surface area contributed by atoms with Crippen LogP contribution in [0.5, 0.6) is 0 Å². The monoisotopic (exact) mass is 174 g/mol. The van der Waals surface area contributed by atoms with Crippen molar-refractivity contribution >= 4 is 17.4 Å². The Kier molecular flexibility index (Phi) is 6.24. The Bertz CT molecular complexity index is 150. The molecule has 0 aliphatic carbocycles. The zero-order chi connectivity index (χ0) is 8.69. The molecule has 0 amide bonds. The van der Waals surface area contributed by atoms with Gasteiger partial charge in [-0.2, -0.15) is 0 Å². The third kappa shape index (κ3) is 7.60. The zero-order valence-electron chi connectivity index (χ0n) is 7.19. The Morgan fingerprint density at radius 3 is 2.55 bits per heavy atom. The predicted octanol–water partition coefficient (Wildman–Crippen LogP) is 3.28. The van der Waals surface area contributed by atoms with Gasteiger partial charge in [-0.05, 0) is 25.8 Å². The molecule has 0 aromatic rings. The lowest BCUT2D eigenvalue weighted by Crippen LogP contribution is -1.84. The number of carbonyl (C=O) groups is 1. The highest BCUT2D eigenvalue weighted by molar-refractivity contribution is 6.30. The minimum absolute atomic E-state index is 0.0338. The highest BCUT2D eigenvalue weighted by Gasteiger charge is 1.93. The summed E-state index contributed by atoms with van der Waals surface area (Å²) in [6.45, 7) is 3.66. The molecule has 0 saturated carbocycles. The second kappa shape index (κ2) is 6.41. The summed E-state index contributed by atoms with van der Waals surface area (Å²) in [6, 6.07) is 0. The van der Waals surface area contributed by atoms with Crippen molar-refractivity contribution in [3.05, 3.63) is 11.1 Å². The number of carbonyl (C=O) groups excluding carboxylic acids is 1. The first kappa shape index (κ1) is 10.7. The van der Waals surface area contributed by atoms with Crippen LogP contribution in [0, 0.1) is 0 Å². The molecule has 0 heterocycles. The van der Waals surface area contributed by atoms with E-state index in [1.807, 2.05) is 0 Å². The van der Waals surface area contributed by atoms with Gasteiger partial charge in [0.1, 0.15) is 0 Å². The lowest BCUT2D eigenvalue weighted by atomic mass is 10.2. The maximum Gasteiger partial charge on any atom is 0.153 e. The molecule has 0 fully saturated rings. The van der Waals surface area contributed by atoms with Crippen molar-refractivity contribution in [3.8, 4) is 0 Å². The standard InChI is InChI=1S/C9H15ClO/c1-3-4-5-6-9(10)7-8(2)11/h7H,3-6H2,1-2H3/b9-7+. The van der Waals surface area contributed by atoms with Gasteiger partial charge in [-0.25, -0.2) is 0 Å². The van der Waals surface area contributed by atoms with Gasteiger partial charge in [0, 0.05) is 5.03 Å². The van der Waals surface area contributed by atoms with E-state index in [0.29, 0.717) is 5.03 Å². The first-order valence-corrected chi connectivity index (χ1v) is 4.41. The molecule has 1 nitrogen and oxygen atoms in total. The number of rotatable bonds is 5.